The second-order valence-electron chi connectivity index (χ2n) is 4.65. The Kier molecular flexibility index (Phi) is 4.79. The van der Waals surface area contributed by atoms with Crippen LogP contribution >= 0.6 is 0 Å². The van der Waals surface area contributed by atoms with Gasteiger partial charge in [-0.2, -0.15) is 0 Å². The van der Waals surface area contributed by atoms with Crippen molar-refractivity contribution in [2.45, 2.75) is 13.5 Å². The zero-order valence-electron chi connectivity index (χ0n) is 12.1. The van der Waals surface area contributed by atoms with Gasteiger partial charge in [0, 0.05) is 12.2 Å². The molecule has 2 amide bonds. The number of amides is 2. The van der Waals surface area contributed by atoms with Crippen molar-refractivity contribution < 1.29 is 9.53 Å². The molecule has 2 rings (SSSR count). The van der Waals surface area contributed by atoms with E-state index in [0.29, 0.717) is 18.0 Å². The Bertz CT molecular complexity index is 619. The van der Waals surface area contributed by atoms with Crippen molar-refractivity contribution in [3.05, 3.63) is 53.6 Å². The summed E-state index contributed by atoms with van der Waals surface area (Å²) in [6, 6.07) is 12.7. The number of methoxy groups -OCH3 is 1. The second kappa shape index (κ2) is 6.76. The van der Waals surface area contributed by atoms with Gasteiger partial charge in [0.25, 0.3) is 0 Å². The van der Waals surface area contributed by atoms with Crippen molar-refractivity contribution >= 4 is 17.4 Å². The fourth-order valence-electron chi connectivity index (χ4n) is 2.06. The van der Waals surface area contributed by atoms with Gasteiger partial charge in [0.15, 0.2) is 0 Å². The molecular weight excluding hydrogens is 266 g/mol. The molecule has 0 unspecified atom stereocenters. The summed E-state index contributed by atoms with van der Waals surface area (Å²) in [6.07, 6.45) is 0. The van der Waals surface area contributed by atoms with Crippen LogP contribution in [0.4, 0.5) is 16.2 Å². The molecule has 0 heterocycles. The first-order chi connectivity index (χ1) is 10.1. The molecule has 110 valence electrons. The van der Waals surface area contributed by atoms with E-state index < -0.39 is 0 Å². The molecule has 5 heteroatoms. The van der Waals surface area contributed by atoms with E-state index in [2.05, 4.69) is 10.6 Å². The van der Waals surface area contributed by atoms with Gasteiger partial charge in [-0.1, -0.05) is 24.3 Å². The molecule has 21 heavy (non-hydrogen) atoms. The number of benzene rings is 2. The van der Waals surface area contributed by atoms with E-state index in [9.17, 15) is 4.79 Å². The Morgan fingerprint density at radius 2 is 1.95 bits per heavy atom. The van der Waals surface area contributed by atoms with E-state index in [1.165, 1.54) is 0 Å². The van der Waals surface area contributed by atoms with E-state index in [0.717, 1.165) is 16.8 Å². The molecule has 0 bridgehead atoms. The summed E-state index contributed by atoms with van der Waals surface area (Å²) in [4.78, 5) is 12.1. The zero-order valence-corrected chi connectivity index (χ0v) is 12.1. The number of nitrogens with one attached hydrogen (secondary N) is 2. The minimum absolute atomic E-state index is 0.317. The number of para-hydroxylation sites is 1. The molecule has 0 radical (unpaired) electrons. The Balaban J connectivity index is 2.16. The lowest BCUT2D eigenvalue weighted by molar-refractivity contribution is 0.262. The molecule has 0 atom stereocenters. The Morgan fingerprint density at radius 1 is 1.19 bits per heavy atom. The molecular formula is C16H19N3O2. The minimum atomic E-state index is -0.334. The first-order valence-corrected chi connectivity index (χ1v) is 6.64. The molecule has 0 fully saturated rings. The van der Waals surface area contributed by atoms with Crippen molar-refractivity contribution in [2.75, 3.05) is 17.7 Å². The number of aryl methyl sites for hydroxylation is 1. The number of ether oxygens (including phenoxy) is 1. The number of urea groups is 1. The molecule has 0 aliphatic carbocycles. The summed E-state index contributed by atoms with van der Waals surface area (Å²) >= 11 is 0. The van der Waals surface area contributed by atoms with Crippen LogP contribution < -0.4 is 21.1 Å². The van der Waals surface area contributed by atoms with Crippen LogP contribution in [0, 0.1) is 6.92 Å². The van der Waals surface area contributed by atoms with Crippen molar-refractivity contribution in [3.8, 4) is 5.75 Å². The standard InChI is InChI=1S/C16H19N3O2/c1-11-5-3-7-13(9-11)18-16(20)19-15-12(10-17)6-4-8-14(15)21-2/h3-9H,10,17H2,1-2H3,(H2,18,19,20). The van der Waals surface area contributed by atoms with Gasteiger partial charge in [-0.15, -0.1) is 0 Å². The Morgan fingerprint density at radius 3 is 2.62 bits per heavy atom. The summed E-state index contributed by atoms with van der Waals surface area (Å²) in [6.45, 7) is 2.28. The van der Waals surface area contributed by atoms with Crippen LogP contribution in [0.5, 0.6) is 5.75 Å². The van der Waals surface area contributed by atoms with Crippen molar-refractivity contribution in [2.24, 2.45) is 5.73 Å². The van der Waals surface area contributed by atoms with Crippen LogP contribution in [-0.2, 0) is 6.54 Å². The van der Waals surface area contributed by atoms with E-state index in [4.69, 9.17) is 10.5 Å². The predicted octanol–water partition coefficient (Wildman–Crippen LogP) is 3.11. The third-order valence-corrected chi connectivity index (χ3v) is 3.07. The van der Waals surface area contributed by atoms with Gasteiger partial charge in [0.1, 0.15) is 5.75 Å². The van der Waals surface area contributed by atoms with Crippen molar-refractivity contribution in [3.63, 3.8) is 0 Å². The van der Waals surface area contributed by atoms with Crippen LogP contribution in [0.15, 0.2) is 42.5 Å². The normalized spacial score (nSPS) is 10.0. The van der Waals surface area contributed by atoms with Crippen LogP contribution in [0.25, 0.3) is 0 Å². The van der Waals surface area contributed by atoms with E-state index in [1.54, 1.807) is 13.2 Å². The predicted molar refractivity (Wildman–Crippen MR) is 84.7 cm³/mol. The molecule has 5 nitrogen and oxygen atoms in total. The lowest BCUT2D eigenvalue weighted by atomic mass is 10.1. The fraction of sp³-hybridized carbons (Fsp3) is 0.188. The topological polar surface area (TPSA) is 76.4 Å². The summed E-state index contributed by atoms with van der Waals surface area (Å²) in [5.41, 5.74) is 8.91. The summed E-state index contributed by atoms with van der Waals surface area (Å²) < 4.78 is 5.26. The highest BCUT2D eigenvalue weighted by Gasteiger charge is 2.11. The maximum atomic E-state index is 12.1. The van der Waals surface area contributed by atoms with E-state index in [1.807, 2.05) is 43.3 Å². The average Bonchev–Trinajstić information content (AvgIpc) is 2.47. The van der Waals surface area contributed by atoms with Gasteiger partial charge in [-0.3, -0.25) is 0 Å². The number of nitrogens with two attached hydrogens (primary N) is 1. The SMILES string of the molecule is COc1cccc(CN)c1NC(=O)Nc1cccc(C)c1. The van der Waals surface area contributed by atoms with Crippen molar-refractivity contribution in [1.29, 1.82) is 0 Å². The van der Waals surface area contributed by atoms with Gasteiger partial charge >= 0.3 is 6.03 Å². The Labute approximate surface area is 124 Å². The van der Waals surface area contributed by atoms with Crippen LogP contribution in [0.1, 0.15) is 11.1 Å². The lowest BCUT2D eigenvalue weighted by Gasteiger charge is -2.14. The van der Waals surface area contributed by atoms with Gasteiger partial charge < -0.3 is 21.1 Å². The van der Waals surface area contributed by atoms with Gasteiger partial charge in [-0.25, -0.2) is 4.79 Å². The molecule has 0 saturated heterocycles. The highest BCUT2D eigenvalue weighted by atomic mass is 16.5. The lowest BCUT2D eigenvalue weighted by Crippen LogP contribution is -2.21. The molecule has 0 saturated carbocycles. The molecule has 0 aromatic heterocycles. The number of hydrogen-bond acceptors (Lipinski definition) is 3. The van der Waals surface area contributed by atoms with Gasteiger partial charge in [-0.05, 0) is 36.2 Å². The number of carbonyl (C=O) groups is 1. The van der Waals surface area contributed by atoms with Gasteiger partial charge in [0.05, 0.1) is 12.8 Å². The third-order valence-electron chi connectivity index (χ3n) is 3.07. The fourth-order valence-corrected chi connectivity index (χ4v) is 2.06. The number of carbonyl (C=O) groups excluding carboxylic acids is 1. The highest BCUT2D eigenvalue weighted by Crippen LogP contribution is 2.28. The maximum Gasteiger partial charge on any atom is 0.323 e. The minimum Gasteiger partial charge on any atom is -0.495 e. The van der Waals surface area contributed by atoms with Crippen LogP contribution in [0.2, 0.25) is 0 Å². The second-order valence-corrected chi connectivity index (χ2v) is 4.65. The maximum absolute atomic E-state index is 12.1. The average molecular weight is 285 g/mol. The third kappa shape index (κ3) is 3.73. The molecule has 0 aliphatic heterocycles. The zero-order chi connectivity index (χ0) is 15.2. The van der Waals surface area contributed by atoms with E-state index in [-0.39, 0.29) is 6.03 Å². The first-order valence-electron chi connectivity index (χ1n) is 6.64. The largest absolute Gasteiger partial charge is 0.495 e. The summed E-state index contributed by atoms with van der Waals surface area (Å²) in [5.74, 6) is 0.581. The monoisotopic (exact) mass is 285 g/mol. The number of anilines is 2. The van der Waals surface area contributed by atoms with E-state index >= 15 is 0 Å². The molecule has 4 N–H and O–H groups in total. The molecule has 0 spiro atoms. The molecule has 2 aromatic rings. The summed E-state index contributed by atoms with van der Waals surface area (Å²) in [7, 11) is 1.55. The first kappa shape index (κ1) is 14.9. The van der Waals surface area contributed by atoms with Crippen LogP contribution in [0.3, 0.4) is 0 Å². The Hall–Kier alpha value is -2.53. The van der Waals surface area contributed by atoms with Gasteiger partial charge in [0.2, 0.25) is 0 Å². The molecule has 2 aromatic carbocycles. The van der Waals surface area contributed by atoms with Crippen LogP contribution in [-0.4, -0.2) is 13.1 Å². The smallest absolute Gasteiger partial charge is 0.323 e. The molecule has 0 aliphatic rings. The van der Waals surface area contributed by atoms with Crippen molar-refractivity contribution in [1.82, 2.24) is 0 Å². The summed E-state index contributed by atoms with van der Waals surface area (Å²) in [5, 5.41) is 5.58. The number of rotatable bonds is 4. The quantitative estimate of drug-likeness (QED) is 0.808. The highest BCUT2D eigenvalue weighted by molar-refractivity contribution is 6.01. The number of hydrogen-bond donors (Lipinski definition) is 3.